The molecule has 1 aliphatic heterocycles. The number of rotatable bonds is 4. The van der Waals surface area contributed by atoms with E-state index in [-0.39, 0.29) is 0 Å². The summed E-state index contributed by atoms with van der Waals surface area (Å²) in [5.74, 6) is 0.646. The molecule has 0 unspecified atom stereocenters. The average Bonchev–Trinajstić information content (AvgIpc) is 2.37. The predicted octanol–water partition coefficient (Wildman–Crippen LogP) is 1.30. The van der Waals surface area contributed by atoms with E-state index in [9.17, 15) is 13.5 Å². The summed E-state index contributed by atoms with van der Waals surface area (Å²) >= 11 is 1.57. The number of hydrogen-bond acceptors (Lipinski definition) is 5. The van der Waals surface area contributed by atoms with Gasteiger partial charge in [0, 0.05) is 16.9 Å². The van der Waals surface area contributed by atoms with Gasteiger partial charge >= 0.3 is 0 Å². The van der Waals surface area contributed by atoms with Crippen LogP contribution in [0.2, 0.25) is 0 Å². The van der Waals surface area contributed by atoms with Crippen molar-refractivity contribution in [3.05, 3.63) is 24.3 Å². The van der Waals surface area contributed by atoms with Crippen molar-refractivity contribution >= 4 is 21.6 Å². The molecule has 0 saturated carbocycles. The molecular formula is C13H19NO3S2. The Morgan fingerprint density at radius 3 is 2.37 bits per heavy atom. The van der Waals surface area contributed by atoms with Gasteiger partial charge in [-0.2, -0.15) is 0 Å². The van der Waals surface area contributed by atoms with Gasteiger partial charge in [0.1, 0.15) is 0 Å². The Morgan fingerprint density at radius 2 is 1.84 bits per heavy atom. The van der Waals surface area contributed by atoms with Gasteiger partial charge in [0.2, 0.25) is 0 Å². The monoisotopic (exact) mass is 301 g/mol. The van der Waals surface area contributed by atoms with Crippen LogP contribution in [0.25, 0.3) is 0 Å². The summed E-state index contributed by atoms with van der Waals surface area (Å²) < 4.78 is 22.7. The zero-order chi connectivity index (χ0) is 13.9. The summed E-state index contributed by atoms with van der Waals surface area (Å²) in [6, 6.07) is 6.82. The molecule has 1 aromatic rings. The van der Waals surface area contributed by atoms with E-state index in [1.807, 2.05) is 0 Å². The van der Waals surface area contributed by atoms with Gasteiger partial charge in [-0.15, -0.1) is 11.8 Å². The van der Waals surface area contributed by atoms with Crippen LogP contribution >= 0.6 is 11.8 Å². The lowest BCUT2D eigenvalue weighted by Crippen LogP contribution is -2.43. The third-order valence-corrected chi connectivity index (χ3v) is 5.71. The van der Waals surface area contributed by atoms with Crippen molar-refractivity contribution < 1.29 is 13.5 Å². The molecule has 0 atom stereocenters. The Labute approximate surface area is 118 Å². The van der Waals surface area contributed by atoms with Crippen molar-refractivity contribution in [2.24, 2.45) is 0 Å². The first-order valence-corrected chi connectivity index (χ1v) is 9.13. The lowest BCUT2D eigenvalue weighted by Gasteiger charge is -2.32. The topological polar surface area (TPSA) is 66.4 Å². The largest absolute Gasteiger partial charge is 0.389 e. The van der Waals surface area contributed by atoms with Crippen molar-refractivity contribution in [3.63, 3.8) is 0 Å². The highest BCUT2D eigenvalue weighted by atomic mass is 32.2. The first-order chi connectivity index (χ1) is 8.89. The van der Waals surface area contributed by atoms with Crippen LogP contribution in [0, 0.1) is 0 Å². The SMILES string of the molecule is CS(=O)(=O)c1ccc(SCC2(O)CCNCC2)cc1. The smallest absolute Gasteiger partial charge is 0.175 e. The van der Waals surface area contributed by atoms with E-state index < -0.39 is 15.4 Å². The van der Waals surface area contributed by atoms with Crippen molar-refractivity contribution in [2.45, 2.75) is 28.2 Å². The molecule has 2 rings (SSSR count). The van der Waals surface area contributed by atoms with Gasteiger partial charge in [-0.05, 0) is 50.2 Å². The number of sulfone groups is 1. The van der Waals surface area contributed by atoms with E-state index in [1.54, 1.807) is 36.0 Å². The summed E-state index contributed by atoms with van der Waals surface area (Å²) in [6.07, 6.45) is 2.73. The minimum atomic E-state index is -3.13. The second kappa shape index (κ2) is 5.83. The standard InChI is InChI=1S/C13H19NO3S2/c1-19(16,17)12-4-2-11(3-5-12)18-10-13(15)6-8-14-9-7-13/h2-5,14-15H,6-10H2,1H3. The Hall–Kier alpha value is -0.560. The van der Waals surface area contributed by atoms with Crippen LogP contribution in [0.3, 0.4) is 0 Å². The molecule has 0 aliphatic carbocycles. The van der Waals surface area contributed by atoms with E-state index in [2.05, 4.69) is 5.32 Å². The zero-order valence-corrected chi connectivity index (χ0v) is 12.6. The quantitative estimate of drug-likeness (QED) is 0.821. The van der Waals surface area contributed by atoms with Crippen molar-refractivity contribution in [2.75, 3.05) is 25.1 Å². The molecule has 6 heteroatoms. The summed E-state index contributed by atoms with van der Waals surface area (Å²) in [7, 11) is -3.13. The molecule has 1 aromatic carbocycles. The fourth-order valence-electron chi connectivity index (χ4n) is 2.04. The van der Waals surface area contributed by atoms with E-state index in [0.717, 1.165) is 30.8 Å². The number of thioether (sulfide) groups is 1. The maximum Gasteiger partial charge on any atom is 0.175 e. The van der Waals surface area contributed by atoms with Crippen LogP contribution in [0.1, 0.15) is 12.8 Å². The molecule has 1 fully saturated rings. The van der Waals surface area contributed by atoms with Crippen LogP contribution in [0.15, 0.2) is 34.1 Å². The van der Waals surface area contributed by atoms with Gasteiger partial charge in [0.05, 0.1) is 10.5 Å². The van der Waals surface area contributed by atoms with E-state index in [1.165, 1.54) is 6.26 Å². The molecular weight excluding hydrogens is 282 g/mol. The van der Waals surface area contributed by atoms with Crippen molar-refractivity contribution in [1.82, 2.24) is 5.32 Å². The minimum Gasteiger partial charge on any atom is -0.389 e. The average molecular weight is 301 g/mol. The fourth-order valence-corrected chi connectivity index (χ4v) is 3.72. The Kier molecular flexibility index (Phi) is 4.55. The van der Waals surface area contributed by atoms with E-state index in [0.29, 0.717) is 10.6 Å². The highest BCUT2D eigenvalue weighted by molar-refractivity contribution is 7.99. The van der Waals surface area contributed by atoms with Gasteiger partial charge in [0.15, 0.2) is 9.84 Å². The number of benzene rings is 1. The molecule has 1 saturated heterocycles. The number of hydrogen-bond donors (Lipinski definition) is 2. The molecule has 0 aromatic heterocycles. The van der Waals surface area contributed by atoms with E-state index >= 15 is 0 Å². The summed E-state index contributed by atoms with van der Waals surface area (Å²) in [6.45, 7) is 1.70. The third-order valence-electron chi connectivity index (χ3n) is 3.29. The van der Waals surface area contributed by atoms with Crippen molar-refractivity contribution in [3.8, 4) is 0 Å². The second-order valence-corrected chi connectivity index (χ2v) is 8.07. The molecule has 1 aliphatic rings. The van der Waals surface area contributed by atoms with Crippen LogP contribution in [0.5, 0.6) is 0 Å². The highest BCUT2D eigenvalue weighted by Crippen LogP contribution is 2.28. The number of nitrogens with one attached hydrogen (secondary N) is 1. The summed E-state index contributed by atoms with van der Waals surface area (Å²) in [4.78, 5) is 1.32. The fraction of sp³-hybridized carbons (Fsp3) is 0.538. The minimum absolute atomic E-state index is 0.331. The van der Waals surface area contributed by atoms with Gasteiger partial charge in [-0.1, -0.05) is 0 Å². The maximum absolute atomic E-state index is 11.3. The lowest BCUT2D eigenvalue weighted by molar-refractivity contribution is 0.0339. The number of aliphatic hydroxyl groups is 1. The van der Waals surface area contributed by atoms with Crippen LogP contribution in [-0.2, 0) is 9.84 Å². The Balaban J connectivity index is 1.96. The Bertz CT molecular complexity index is 519. The first-order valence-electron chi connectivity index (χ1n) is 6.25. The second-order valence-electron chi connectivity index (χ2n) is 5.01. The molecule has 19 heavy (non-hydrogen) atoms. The summed E-state index contributed by atoms with van der Waals surface area (Å²) in [5, 5.41) is 13.6. The van der Waals surface area contributed by atoms with Gasteiger partial charge in [-0.3, -0.25) is 0 Å². The Morgan fingerprint density at radius 1 is 1.26 bits per heavy atom. The molecule has 0 bridgehead atoms. The van der Waals surface area contributed by atoms with Crippen molar-refractivity contribution in [1.29, 1.82) is 0 Å². The molecule has 2 N–H and O–H groups in total. The van der Waals surface area contributed by atoms with Gasteiger partial charge < -0.3 is 10.4 Å². The lowest BCUT2D eigenvalue weighted by atomic mass is 9.95. The molecule has 106 valence electrons. The maximum atomic E-state index is 11.3. The van der Waals surface area contributed by atoms with E-state index in [4.69, 9.17) is 0 Å². The predicted molar refractivity (Wildman–Crippen MR) is 77.3 cm³/mol. The summed E-state index contributed by atoms with van der Waals surface area (Å²) in [5.41, 5.74) is -0.606. The molecule has 0 spiro atoms. The molecule has 4 nitrogen and oxygen atoms in total. The third kappa shape index (κ3) is 4.21. The van der Waals surface area contributed by atoms with Gasteiger partial charge in [0.25, 0.3) is 0 Å². The van der Waals surface area contributed by atoms with Crippen LogP contribution < -0.4 is 5.32 Å². The first kappa shape index (κ1) is 14.8. The van der Waals surface area contributed by atoms with Crippen LogP contribution in [0.4, 0.5) is 0 Å². The zero-order valence-electron chi connectivity index (χ0n) is 10.9. The number of piperidine rings is 1. The highest BCUT2D eigenvalue weighted by Gasteiger charge is 2.28. The van der Waals surface area contributed by atoms with Crippen LogP contribution in [-0.4, -0.2) is 44.2 Å². The molecule has 0 radical (unpaired) electrons. The normalized spacial score (nSPS) is 19.3. The molecule has 0 amide bonds. The van der Waals surface area contributed by atoms with Gasteiger partial charge in [-0.25, -0.2) is 8.42 Å². The molecule has 1 heterocycles.